The second kappa shape index (κ2) is 9.12. The van der Waals surface area contributed by atoms with Crippen molar-refractivity contribution >= 4 is 22.9 Å². The van der Waals surface area contributed by atoms with Gasteiger partial charge >= 0.3 is 0 Å². The van der Waals surface area contributed by atoms with E-state index in [2.05, 4.69) is 15.6 Å². The number of nitrogens with two attached hydrogens (primary N) is 1. The number of hydrogen-bond acceptors (Lipinski definition) is 9. The van der Waals surface area contributed by atoms with Gasteiger partial charge in [0, 0.05) is 0 Å². The zero-order valence-corrected chi connectivity index (χ0v) is 18.0. The summed E-state index contributed by atoms with van der Waals surface area (Å²) in [4.78, 5) is 25.6. The van der Waals surface area contributed by atoms with Crippen molar-refractivity contribution in [2.45, 2.75) is 0 Å². The topological polar surface area (TPSA) is 175 Å². The number of anilines is 1. The third-order valence-electron chi connectivity index (χ3n) is 4.63. The van der Waals surface area contributed by atoms with Crippen molar-refractivity contribution in [2.24, 2.45) is 5.10 Å². The van der Waals surface area contributed by atoms with Crippen LogP contribution in [-0.2, 0) is 0 Å². The average molecular weight is 470 g/mol. The Bertz CT molecular complexity index is 1610. The summed E-state index contributed by atoms with van der Waals surface area (Å²) in [5.41, 5.74) is 7.00. The third-order valence-corrected chi connectivity index (χ3v) is 5.56. The van der Waals surface area contributed by atoms with Crippen molar-refractivity contribution in [3.05, 3.63) is 92.0 Å². The maximum atomic E-state index is 12.9. The van der Waals surface area contributed by atoms with Gasteiger partial charge in [-0.25, -0.2) is 5.43 Å². The number of nitrogens with zero attached hydrogens (tertiary/aromatic N) is 6. The van der Waals surface area contributed by atoms with Gasteiger partial charge in [0.15, 0.2) is 10.6 Å². The number of carbonyl (C=O) groups is 1. The van der Waals surface area contributed by atoms with Crippen LogP contribution in [0.4, 0.5) is 5.69 Å². The lowest BCUT2D eigenvalue weighted by Gasteiger charge is -2.10. The molecule has 2 aromatic carbocycles. The molecule has 0 aliphatic heterocycles. The van der Waals surface area contributed by atoms with Gasteiger partial charge in [-0.1, -0.05) is 47.7 Å². The number of para-hydroxylation sites is 2. The Morgan fingerprint density at radius 3 is 2.26 bits per heavy atom. The van der Waals surface area contributed by atoms with Crippen molar-refractivity contribution < 1.29 is 9.90 Å². The van der Waals surface area contributed by atoms with Crippen LogP contribution in [-0.4, -0.2) is 25.4 Å². The van der Waals surface area contributed by atoms with Crippen molar-refractivity contribution in [3.8, 4) is 29.4 Å². The molecule has 0 fully saturated rings. The fourth-order valence-electron chi connectivity index (χ4n) is 3.04. The van der Waals surface area contributed by atoms with E-state index in [1.807, 2.05) is 6.07 Å². The van der Waals surface area contributed by atoms with Gasteiger partial charge in [-0.2, -0.15) is 20.3 Å². The molecule has 2 heterocycles. The van der Waals surface area contributed by atoms with E-state index in [1.54, 1.807) is 66.7 Å². The Balaban J connectivity index is 1.80. The fraction of sp³-hybridized carbons (Fsp3) is 0. The molecule has 2 aromatic heterocycles. The standard InChI is InChI=1S/C22H14N8O3S/c23-11-15-17(25)18(28-30(20(15)32)14-9-5-2-6-10-14)19(31)26-27-22-29(13-7-3-1-4-8-13)21(33)16(12-24)34-22/h1-10,33H,25H2,(H,26,31)/b27-22-. The number of aromatic nitrogens is 3. The predicted molar refractivity (Wildman–Crippen MR) is 122 cm³/mol. The number of hydrogen-bond donors (Lipinski definition) is 3. The molecule has 0 aliphatic carbocycles. The normalized spacial score (nSPS) is 10.9. The van der Waals surface area contributed by atoms with E-state index in [1.165, 1.54) is 4.57 Å². The van der Waals surface area contributed by atoms with E-state index >= 15 is 0 Å². The van der Waals surface area contributed by atoms with Crippen LogP contribution in [0.2, 0.25) is 0 Å². The van der Waals surface area contributed by atoms with Crippen LogP contribution in [0, 0.1) is 22.7 Å². The minimum absolute atomic E-state index is 0.0149. The number of nitriles is 2. The highest BCUT2D eigenvalue weighted by Crippen LogP contribution is 2.22. The summed E-state index contributed by atoms with van der Waals surface area (Å²) >= 11 is 0.844. The average Bonchev–Trinajstić information content (AvgIpc) is 3.19. The summed E-state index contributed by atoms with van der Waals surface area (Å²) in [7, 11) is 0. The van der Waals surface area contributed by atoms with Gasteiger partial charge in [-0.3, -0.25) is 14.2 Å². The van der Waals surface area contributed by atoms with E-state index in [9.17, 15) is 25.2 Å². The first-order chi connectivity index (χ1) is 16.5. The molecule has 0 spiro atoms. The molecular formula is C22H14N8O3S. The zero-order chi connectivity index (χ0) is 24.2. The van der Waals surface area contributed by atoms with E-state index < -0.39 is 28.4 Å². The van der Waals surface area contributed by atoms with E-state index in [4.69, 9.17) is 5.73 Å². The van der Waals surface area contributed by atoms with Crippen LogP contribution in [0.25, 0.3) is 11.4 Å². The largest absolute Gasteiger partial charge is 0.493 e. The Morgan fingerprint density at radius 1 is 1.06 bits per heavy atom. The summed E-state index contributed by atoms with van der Waals surface area (Å²) < 4.78 is 2.19. The van der Waals surface area contributed by atoms with Crippen LogP contribution in [0.3, 0.4) is 0 Å². The first kappa shape index (κ1) is 22.0. The van der Waals surface area contributed by atoms with E-state index in [0.717, 1.165) is 16.0 Å². The van der Waals surface area contributed by atoms with Crippen molar-refractivity contribution in [1.82, 2.24) is 19.8 Å². The van der Waals surface area contributed by atoms with E-state index in [-0.39, 0.29) is 15.6 Å². The number of benzene rings is 2. The quantitative estimate of drug-likeness (QED) is 0.377. The molecule has 0 aliphatic rings. The molecule has 4 aromatic rings. The Labute approximate surface area is 195 Å². The molecule has 12 heteroatoms. The van der Waals surface area contributed by atoms with Crippen LogP contribution < -0.4 is 21.5 Å². The van der Waals surface area contributed by atoms with Crippen LogP contribution in [0.1, 0.15) is 20.9 Å². The maximum Gasteiger partial charge on any atom is 0.294 e. The lowest BCUT2D eigenvalue weighted by Crippen LogP contribution is -2.32. The molecule has 0 bridgehead atoms. The highest BCUT2D eigenvalue weighted by Gasteiger charge is 2.21. The monoisotopic (exact) mass is 470 g/mol. The molecule has 11 nitrogen and oxygen atoms in total. The van der Waals surface area contributed by atoms with Crippen molar-refractivity contribution in [2.75, 3.05) is 5.73 Å². The van der Waals surface area contributed by atoms with Gasteiger partial charge in [-0.15, -0.1) is 5.10 Å². The molecule has 34 heavy (non-hydrogen) atoms. The number of rotatable bonds is 4. The number of nitrogen functional groups attached to an aromatic ring is 1. The Hall–Kier alpha value is -5.20. The third kappa shape index (κ3) is 3.88. The highest BCUT2D eigenvalue weighted by molar-refractivity contribution is 7.10. The minimum Gasteiger partial charge on any atom is -0.493 e. The first-order valence-corrected chi connectivity index (χ1v) is 10.4. The van der Waals surface area contributed by atoms with Gasteiger partial charge < -0.3 is 10.8 Å². The SMILES string of the molecule is N#Cc1s/c(=N\NC(=O)c2nn(-c3ccccc3)c(=O)c(C#N)c2N)n(-c2ccccc2)c1O. The molecule has 0 saturated carbocycles. The van der Waals surface area contributed by atoms with Gasteiger partial charge in [0.25, 0.3) is 11.5 Å². The number of amides is 1. The van der Waals surface area contributed by atoms with Crippen LogP contribution >= 0.6 is 11.3 Å². The van der Waals surface area contributed by atoms with Crippen LogP contribution in [0.15, 0.2) is 70.6 Å². The summed E-state index contributed by atoms with van der Waals surface area (Å²) in [6.07, 6.45) is 0. The van der Waals surface area contributed by atoms with Gasteiger partial charge in [0.1, 0.15) is 17.7 Å². The summed E-state index contributed by atoms with van der Waals surface area (Å²) in [6.45, 7) is 0. The molecule has 0 saturated heterocycles. The molecule has 0 radical (unpaired) electrons. The minimum atomic E-state index is -0.898. The summed E-state index contributed by atoms with van der Waals surface area (Å²) in [5, 5.41) is 37.2. The molecular weight excluding hydrogens is 456 g/mol. The lowest BCUT2D eigenvalue weighted by molar-refractivity contribution is 0.0947. The predicted octanol–water partition coefficient (Wildman–Crippen LogP) is 1.36. The molecule has 0 atom stereocenters. The van der Waals surface area contributed by atoms with Crippen molar-refractivity contribution in [3.63, 3.8) is 0 Å². The molecule has 4 rings (SSSR count). The Morgan fingerprint density at radius 2 is 1.68 bits per heavy atom. The number of thiazole rings is 1. The molecule has 0 unspecified atom stereocenters. The Kier molecular flexibility index (Phi) is 5.90. The van der Waals surface area contributed by atoms with Gasteiger partial charge in [0.05, 0.1) is 17.1 Å². The lowest BCUT2D eigenvalue weighted by atomic mass is 10.2. The second-order valence-corrected chi connectivity index (χ2v) is 7.65. The van der Waals surface area contributed by atoms with E-state index in [0.29, 0.717) is 11.4 Å². The first-order valence-electron chi connectivity index (χ1n) is 9.59. The fourth-order valence-corrected chi connectivity index (χ4v) is 3.83. The summed E-state index contributed by atoms with van der Waals surface area (Å²) in [6, 6.07) is 20.4. The maximum absolute atomic E-state index is 12.9. The smallest absolute Gasteiger partial charge is 0.294 e. The van der Waals surface area contributed by atoms with Gasteiger partial charge in [-0.05, 0) is 24.3 Å². The van der Waals surface area contributed by atoms with Crippen LogP contribution in [0.5, 0.6) is 5.88 Å². The molecule has 4 N–H and O–H groups in total. The summed E-state index contributed by atoms with van der Waals surface area (Å²) in [5.74, 6) is -1.24. The highest BCUT2D eigenvalue weighted by atomic mass is 32.1. The van der Waals surface area contributed by atoms with Crippen molar-refractivity contribution in [1.29, 1.82) is 10.5 Å². The number of aromatic hydroxyl groups is 1. The number of nitrogens with one attached hydrogen (secondary N) is 1. The number of carbonyl (C=O) groups excluding carboxylic acids is 1. The molecule has 1 amide bonds. The van der Waals surface area contributed by atoms with Gasteiger partial charge in [0.2, 0.25) is 10.7 Å². The zero-order valence-electron chi connectivity index (χ0n) is 17.2. The second-order valence-electron chi connectivity index (χ2n) is 6.67. The molecule has 166 valence electrons.